The molecule has 0 aromatic heterocycles. The molecule has 0 amide bonds. The Balaban J connectivity index is 2.44. The van der Waals surface area contributed by atoms with Crippen LogP contribution in [0.5, 0.6) is 0 Å². The summed E-state index contributed by atoms with van der Waals surface area (Å²) in [6.45, 7) is 4.54. The van der Waals surface area contributed by atoms with E-state index in [1.807, 2.05) is 6.92 Å². The number of benzene rings is 1. The number of halogens is 1. The molecule has 2 unspecified atom stereocenters. The number of anilines is 1. The van der Waals surface area contributed by atoms with Gasteiger partial charge in [0.2, 0.25) is 10.0 Å². The molecule has 2 atom stereocenters. The molecule has 4 nitrogen and oxygen atoms in total. The molecule has 1 fully saturated rings. The number of hydrogen-bond acceptors (Lipinski definition) is 4. The number of nitrogen functional groups attached to an aromatic ring is 1. The monoisotopic (exact) mass is 364 g/mol. The Morgan fingerprint density at radius 2 is 2.11 bits per heavy atom. The van der Waals surface area contributed by atoms with Crippen molar-refractivity contribution in [3.63, 3.8) is 0 Å². The highest BCUT2D eigenvalue weighted by molar-refractivity contribution is 9.10. The van der Waals surface area contributed by atoms with Crippen LogP contribution in [0.25, 0.3) is 0 Å². The molecule has 106 valence electrons. The average molecular weight is 365 g/mol. The van der Waals surface area contributed by atoms with E-state index in [-0.39, 0.29) is 16.2 Å². The molecule has 1 aromatic carbocycles. The Kier molecular flexibility index (Phi) is 4.49. The number of nitrogens with zero attached hydrogens (tertiary/aromatic N) is 1. The third-order valence-electron chi connectivity index (χ3n) is 3.39. The lowest BCUT2D eigenvalue weighted by molar-refractivity contribution is 0.340. The van der Waals surface area contributed by atoms with Gasteiger partial charge in [0.25, 0.3) is 0 Å². The van der Waals surface area contributed by atoms with Crippen LogP contribution in [0.1, 0.15) is 13.8 Å². The van der Waals surface area contributed by atoms with Crippen LogP contribution in [0, 0.1) is 0 Å². The number of nitrogens with two attached hydrogens (primary N) is 1. The van der Waals surface area contributed by atoms with Gasteiger partial charge in [-0.2, -0.15) is 16.1 Å². The van der Waals surface area contributed by atoms with Gasteiger partial charge in [-0.05, 0) is 25.1 Å². The maximum absolute atomic E-state index is 12.7. The quantitative estimate of drug-likeness (QED) is 0.819. The van der Waals surface area contributed by atoms with Crippen LogP contribution in [0.2, 0.25) is 0 Å². The third-order valence-corrected chi connectivity index (χ3v) is 7.26. The fraction of sp³-hybridized carbons (Fsp3) is 0.500. The molecule has 1 heterocycles. The van der Waals surface area contributed by atoms with Crippen LogP contribution in [0.4, 0.5) is 5.69 Å². The van der Waals surface area contributed by atoms with Crippen LogP contribution in [-0.4, -0.2) is 36.3 Å². The lowest BCUT2D eigenvalue weighted by Gasteiger charge is -2.36. The van der Waals surface area contributed by atoms with E-state index in [0.29, 0.717) is 16.7 Å². The van der Waals surface area contributed by atoms with Crippen LogP contribution in [0.3, 0.4) is 0 Å². The van der Waals surface area contributed by atoms with Gasteiger partial charge in [0.05, 0.1) is 5.69 Å². The Labute approximate surface area is 126 Å². The van der Waals surface area contributed by atoms with Gasteiger partial charge < -0.3 is 5.73 Å². The van der Waals surface area contributed by atoms with Gasteiger partial charge in [-0.3, -0.25) is 0 Å². The molecule has 7 heteroatoms. The summed E-state index contributed by atoms with van der Waals surface area (Å²) in [6, 6.07) is 4.90. The van der Waals surface area contributed by atoms with Crippen molar-refractivity contribution in [3.05, 3.63) is 22.7 Å². The first-order valence-corrected chi connectivity index (χ1v) is 9.30. The maximum Gasteiger partial charge on any atom is 0.245 e. The normalized spacial score (nSPS) is 25.4. The van der Waals surface area contributed by atoms with Crippen LogP contribution in [-0.2, 0) is 10.0 Å². The topological polar surface area (TPSA) is 63.4 Å². The highest BCUT2D eigenvalue weighted by Gasteiger charge is 2.35. The van der Waals surface area contributed by atoms with Crippen molar-refractivity contribution in [2.24, 2.45) is 0 Å². The van der Waals surface area contributed by atoms with E-state index in [4.69, 9.17) is 5.73 Å². The molecule has 0 radical (unpaired) electrons. The zero-order valence-electron chi connectivity index (χ0n) is 10.8. The molecule has 2 rings (SSSR count). The molecule has 19 heavy (non-hydrogen) atoms. The largest absolute Gasteiger partial charge is 0.398 e. The molecule has 0 bridgehead atoms. The number of thioether (sulfide) groups is 1. The van der Waals surface area contributed by atoms with Gasteiger partial charge in [-0.25, -0.2) is 8.42 Å². The number of rotatable bonds is 2. The van der Waals surface area contributed by atoms with E-state index < -0.39 is 10.0 Å². The van der Waals surface area contributed by atoms with Gasteiger partial charge >= 0.3 is 0 Å². The summed E-state index contributed by atoms with van der Waals surface area (Å²) in [6.07, 6.45) is 0. The van der Waals surface area contributed by atoms with Crippen LogP contribution < -0.4 is 5.73 Å². The summed E-state index contributed by atoms with van der Waals surface area (Å²) in [7, 11) is -3.53. The summed E-state index contributed by atoms with van der Waals surface area (Å²) in [5.74, 6) is 0.818. The Morgan fingerprint density at radius 1 is 1.42 bits per heavy atom. The van der Waals surface area contributed by atoms with Gasteiger partial charge in [0.15, 0.2) is 0 Å². The van der Waals surface area contributed by atoms with Crippen molar-refractivity contribution in [2.45, 2.75) is 30.0 Å². The second-order valence-electron chi connectivity index (χ2n) is 4.61. The average Bonchev–Trinajstić information content (AvgIpc) is 2.35. The van der Waals surface area contributed by atoms with Gasteiger partial charge in [-0.15, -0.1) is 0 Å². The highest BCUT2D eigenvalue weighted by Crippen LogP contribution is 2.32. The fourth-order valence-corrected chi connectivity index (χ4v) is 5.75. The van der Waals surface area contributed by atoms with Gasteiger partial charge in [-0.1, -0.05) is 22.9 Å². The van der Waals surface area contributed by atoms with Crippen LogP contribution >= 0.6 is 27.7 Å². The first kappa shape index (κ1) is 15.2. The lowest BCUT2D eigenvalue weighted by Crippen LogP contribution is -2.47. The molecule has 2 N–H and O–H groups in total. The third kappa shape index (κ3) is 2.94. The molecule has 1 aliphatic rings. The van der Waals surface area contributed by atoms with Gasteiger partial charge in [0, 0.05) is 28.1 Å². The van der Waals surface area contributed by atoms with E-state index in [2.05, 4.69) is 22.9 Å². The minimum absolute atomic E-state index is 0.0258. The molecule has 1 aromatic rings. The van der Waals surface area contributed by atoms with E-state index in [9.17, 15) is 8.42 Å². The minimum Gasteiger partial charge on any atom is -0.398 e. The number of sulfonamides is 1. The first-order chi connectivity index (χ1) is 8.84. The van der Waals surface area contributed by atoms with Crippen molar-refractivity contribution < 1.29 is 8.42 Å². The second kappa shape index (κ2) is 5.63. The van der Waals surface area contributed by atoms with Gasteiger partial charge in [0.1, 0.15) is 4.90 Å². The first-order valence-electron chi connectivity index (χ1n) is 6.02. The summed E-state index contributed by atoms with van der Waals surface area (Å²) in [4.78, 5) is 0.188. The molecular weight excluding hydrogens is 348 g/mol. The smallest absolute Gasteiger partial charge is 0.245 e. The van der Waals surface area contributed by atoms with Crippen LogP contribution in [0.15, 0.2) is 27.6 Å². The molecule has 0 spiro atoms. The lowest BCUT2D eigenvalue weighted by atomic mass is 10.2. The van der Waals surface area contributed by atoms with Crippen molar-refractivity contribution in [1.29, 1.82) is 0 Å². The second-order valence-corrected chi connectivity index (χ2v) is 8.87. The van der Waals surface area contributed by atoms with E-state index in [0.717, 1.165) is 5.75 Å². The van der Waals surface area contributed by atoms with Crippen molar-refractivity contribution in [2.75, 3.05) is 18.0 Å². The Hall–Kier alpha value is -0.240. The molecule has 0 aliphatic carbocycles. The molecule has 1 aliphatic heterocycles. The molecule has 0 saturated carbocycles. The zero-order chi connectivity index (χ0) is 14.2. The summed E-state index contributed by atoms with van der Waals surface area (Å²) >= 11 is 5.10. The summed E-state index contributed by atoms with van der Waals surface area (Å²) in [5, 5.41) is 0.289. The van der Waals surface area contributed by atoms with Crippen molar-refractivity contribution in [3.8, 4) is 0 Å². The fourth-order valence-electron chi connectivity index (χ4n) is 2.10. The number of hydrogen-bond donors (Lipinski definition) is 1. The summed E-state index contributed by atoms with van der Waals surface area (Å²) < 4.78 is 27.7. The molecular formula is C12H17BrN2O2S2. The maximum atomic E-state index is 12.7. The minimum atomic E-state index is -3.53. The SMILES string of the molecule is CC1SCCN(S(=O)(=O)c2cc(Br)ccc2N)C1C. The molecule has 1 saturated heterocycles. The summed E-state index contributed by atoms with van der Waals surface area (Å²) in [5.41, 5.74) is 6.12. The standard InChI is InChI=1S/C12H17BrN2O2S2/c1-8-9(2)18-6-5-15(8)19(16,17)12-7-10(13)3-4-11(12)14/h3-4,7-9H,5-6,14H2,1-2H3. The highest BCUT2D eigenvalue weighted by atomic mass is 79.9. The van der Waals surface area contributed by atoms with Crippen molar-refractivity contribution in [1.82, 2.24) is 4.31 Å². The van der Waals surface area contributed by atoms with Crippen molar-refractivity contribution >= 4 is 43.4 Å². The van der Waals surface area contributed by atoms with E-state index in [1.165, 1.54) is 0 Å². The predicted molar refractivity (Wildman–Crippen MR) is 83.8 cm³/mol. The van der Waals surface area contributed by atoms with E-state index >= 15 is 0 Å². The Morgan fingerprint density at radius 3 is 2.79 bits per heavy atom. The van der Waals surface area contributed by atoms with E-state index in [1.54, 1.807) is 34.3 Å². The predicted octanol–water partition coefficient (Wildman–Crippen LogP) is 2.55. The Bertz CT molecular complexity index is 577. The zero-order valence-corrected chi connectivity index (χ0v) is 14.1.